The minimum Gasteiger partial charge on any atom is -0.228 e. The van der Waals surface area contributed by atoms with E-state index in [4.69, 9.17) is 9.97 Å². The highest BCUT2D eigenvalue weighted by Crippen LogP contribution is 2.57. The van der Waals surface area contributed by atoms with Crippen LogP contribution in [0.3, 0.4) is 0 Å². The number of thiophene rings is 1. The van der Waals surface area contributed by atoms with Crippen LogP contribution in [-0.2, 0) is 5.41 Å². The summed E-state index contributed by atoms with van der Waals surface area (Å²) in [7, 11) is 0. The third kappa shape index (κ3) is 5.33. The van der Waals surface area contributed by atoms with E-state index in [9.17, 15) is 0 Å². The molecule has 0 atom stereocenters. The van der Waals surface area contributed by atoms with Crippen molar-refractivity contribution in [3.8, 4) is 56.2 Å². The quantitative estimate of drug-likeness (QED) is 0.168. The van der Waals surface area contributed by atoms with Crippen LogP contribution < -0.4 is 0 Å². The summed E-state index contributed by atoms with van der Waals surface area (Å²) in [5, 5.41) is 4.86. The van der Waals surface area contributed by atoms with Gasteiger partial charge in [0.25, 0.3) is 0 Å². The molecule has 2 heterocycles. The number of rotatable bonds is 6. The van der Waals surface area contributed by atoms with Gasteiger partial charge in [-0.1, -0.05) is 188 Å². The van der Waals surface area contributed by atoms with E-state index < -0.39 is 5.41 Å². The molecule has 0 saturated carbocycles. The minimum absolute atomic E-state index is 0.431. The molecule has 2 nitrogen and oxygen atoms in total. The molecule has 0 radical (unpaired) electrons. The van der Waals surface area contributed by atoms with Gasteiger partial charge in [-0.3, -0.25) is 0 Å². The lowest BCUT2D eigenvalue weighted by atomic mass is 9.67. The van der Waals surface area contributed by atoms with Crippen molar-refractivity contribution in [2.75, 3.05) is 0 Å². The first-order chi connectivity index (χ1) is 29.7. The van der Waals surface area contributed by atoms with E-state index in [1.165, 1.54) is 70.1 Å². The molecule has 11 aromatic rings. The second-order valence-corrected chi connectivity index (χ2v) is 16.7. The molecule has 0 unspecified atom stereocenters. The van der Waals surface area contributed by atoms with E-state index in [0.29, 0.717) is 5.82 Å². The van der Waals surface area contributed by atoms with Gasteiger partial charge in [-0.25, -0.2) is 9.97 Å². The van der Waals surface area contributed by atoms with E-state index >= 15 is 0 Å². The average Bonchev–Trinajstić information content (AvgIpc) is 3.85. The second-order valence-electron chi connectivity index (χ2n) is 15.6. The summed E-state index contributed by atoms with van der Waals surface area (Å²) in [5.74, 6) is 0.712. The summed E-state index contributed by atoms with van der Waals surface area (Å²) in [6, 6.07) is 79.2. The van der Waals surface area contributed by atoms with E-state index in [0.717, 1.165) is 33.5 Å². The molecular formula is C57H36N2S. The van der Waals surface area contributed by atoms with Gasteiger partial charge in [-0.2, -0.15) is 0 Å². The van der Waals surface area contributed by atoms with Crippen LogP contribution in [0.1, 0.15) is 22.3 Å². The Balaban J connectivity index is 1.03. The Hall–Kier alpha value is -7.46. The number of fused-ring (bicyclic) bond motifs is 7. The second kappa shape index (κ2) is 13.8. The van der Waals surface area contributed by atoms with Crippen LogP contribution in [0.5, 0.6) is 0 Å². The number of nitrogens with zero attached hydrogens (tertiary/aromatic N) is 2. The van der Waals surface area contributed by atoms with Gasteiger partial charge >= 0.3 is 0 Å². The van der Waals surface area contributed by atoms with Gasteiger partial charge in [0.15, 0.2) is 5.82 Å². The lowest BCUT2D eigenvalue weighted by molar-refractivity contribution is 0.768. The molecule has 12 rings (SSSR count). The molecule has 0 aliphatic heterocycles. The summed E-state index contributed by atoms with van der Waals surface area (Å²) >= 11 is 1.83. The van der Waals surface area contributed by atoms with Crippen molar-refractivity contribution < 1.29 is 0 Å². The number of hydrogen-bond acceptors (Lipinski definition) is 3. The Morgan fingerprint density at radius 1 is 0.317 bits per heavy atom. The van der Waals surface area contributed by atoms with Crippen molar-refractivity contribution >= 4 is 42.3 Å². The number of benzene rings is 9. The monoisotopic (exact) mass is 780 g/mol. The maximum absolute atomic E-state index is 5.35. The Kier molecular flexibility index (Phi) is 7.97. The fourth-order valence-corrected chi connectivity index (χ4v) is 10.9. The van der Waals surface area contributed by atoms with Gasteiger partial charge in [0.05, 0.1) is 16.8 Å². The summed E-state index contributed by atoms with van der Waals surface area (Å²) in [5.41, 5.74) is 14.6. The summed E-state index contributed by atoms with van der Waals surface area (Å²) < 4.78 is 2.55. The number of hydrogen-bond donors (Lipinski definition) is 0. The van der Waals surface area contributed by atoms with Crippen molar-refractivity contribution in [3.05, 3.63) is 241 Å². The van der Waals surface area contributed by atoms with E-state index in [1.807, 2.05) is 11.3 Å². The SMILES string of the molecule is c1ccc(-c2cc(-c3ccc4c(c3)sc3ccccc34)nc(-c3ccc(-c4ccc5c(c4)-c4ccccc4C5(c4ccccc4)c4ccccc4)c4ccccc34)n2)cc1. The normalized spacial score (nSPS) is 12.8. The van der Waals surface area contributed by atoms with Gasteiger partial charge in [-0.15, -0.1) is 11.3 Å². The van der Waals surface area contributed by atoms with Gasteiger partial charge in [-0.05, 0) is 85.6 Å². The fraction of sp³-hybridized carbons (Fsp3) is 0.0175. The first-order valence-electron chi connectivity index (χ1n) is 20.5. The highest BCUT2D eigenvalue weighted by atomic mass is 32.1. The van der Waals surface area contributed by atoms with Crippen LogP contribution in [0.25, 0.3) is 87.1 Å². The molecule has 0 saturated heterocycles. The topological polar surface area (TPSA) is 25.8 Å². The van der Waals surface area contributed by atoms with Crippen LogP contribution >= 0.6 is 11.3 Å². The molecule has 1 aliphatic carbocycles. The van der Waals surface area contributed by atoms with Crippen LogP contribution in [0.15, 0.2) is 218 Å². The molecule has 2 aromatic heterocycles. The molecule has 9 aromatic carbocycles. The lowest BCUT2D eigenvalue weighted by Gasteiger charge is -2.33. The third-order valence-electron chi connectivity index (χ3n) is 12.4. The Labute approximate surface area is 352 Å². The zero-order valence-corrected chi connectivity index (χ0v) is 33.4. The molecule has 1 aliphatic rings. The van der Waals surface area contributed by atoms with Crippen molar-refractivity contribution in [2.24, 2.45) is 0 Å². The number of aromatic nitrogens is 2. The molecule has 0 amide bonds. The molecule has 0 bridgehead atoms. The average molecular weight is 781 g/mol. The van der Waals surface area contributed by atoms with Crippen molar-refractivity contribution in [2.45, 2.75) is 5.41 Å². The molecule has 60 heavy (non-hydrogen) atoms. The molecule has 0 fully saturated rings. The fourth-order valence-electron chi connectivity index (χ4n) is 9.72. The van der Waals surface area contributed by atoms with Gasteiger partial charge < -0.3 is 0 Å². The predicted octanol–water partition coefficient (Wildman–Crippen LogP) is 15.0. The third-order valence-corrected chi connectivity index (χ3v) is 13.5. The highest BCUT2D eigenvalue weighted by Gasteiger charge is 2.46. The zero-order chi connectivity index (χ0) is 39.6. The Morgan fingerprint density at radius 3 is 1.62 bits per heavy atom. The first-order valence-corrected chi connectivity index (χ1v) is 21.3. The van der Waals surface area contributed by atoms with Crippen molar-refractivity contribution in [3.63, 3.8) is 0 Å². The van der Waals surface area contributed by atoms with Gasteiger partial charge in [0, 0.05) is 36.9 Å². The standard InChI is InChI=1S/C57H36N2S/c1-4-16-37(17-5-1)52-36-53(39-28-30-47-46-25-13-15-27-54(46)60-55(47)35-39)59-56(58-52)48-32-31-42(43-22-10-11-23-44(43)48)38-29-33-51-49(34-38)45-24-12-14-26-50(45)57(51,40-18-6-2-7-19-40)41-20-8-3-9-21-41/h1-36H. The van der Waals surface area contributed by atoms with Crippen LogP contribution in [0, 0.1) is 0 Å². The molecule has 0 spiro atoms. The molecule has 0 N–H and O–H groups in total. The van der Waals surface area contributed by atoms with E-state index in [-0.39, 0.29) is 0 Å². The Morgan fingerprint density at radius 2 is 0.867 bits per heavy atom. The molecular weight excluding hydrogens is 745 g/mol. The summed E-state index contributed by atoms with van der Waals surface area (Å²) in [6.07, 6.45) is 0. The summed E-state index contributed by atoms with van der Waals surface area (Å²) in [6.45, 7) is 0. The first kappa shape index (κ1) is 34.6. The van der Waals surface area contributed by atoms with Crippen molar-refractivity contribution in [1.82, 2.24) is 9.97 Å². The van der Waals surface area contributed by atoms with Crippen molar-refractivity contribution in [1.29, 1.82) is 0 Å². The Bertz CT molecular complexity index is 3380. The van der Waals surface area contributed by atoms with E-state index in [2.05, 4.69) is 218 Å². The van der Waals surface area contributed by atoms with Crippen LogP contribution in [-0.4, -0.2) is 9.97 Å². The minimum atomic E-state index is -0.431. The zero-order valence-electron chi connectivity index (χ0n) is 32.6. The smallest absolute Gasteiger partial charge is 0.161 e. The maximum atomic E-state index is 5.35. The highest BCUT2D eigenvalue weighted by molar-refractivity contribution is 7.25. The predicted molar refractivity (Wildman–Crippen MR) is 251 cm³/mol. The maximum Gasteiger partial charge on any atom is 0.161 e. The van der Waals surface area contributed by atoms with Crippen LogP contribution in [0.4, 0.5) is 0 Å². The largest absolute Gasteiger partial charge is 0.228 e. The lowest BCUT2D eigenvalue weighted by Crippen LogP contribution is -2.28. The van der Waals surface area contributed by atoms with E-state index in [1.54, 1.807) is 0 Å². The molecule has 3 heteroatoms. The summed E-state index contributed by atoms with van der Waals surface area (Å²) in [4.78, 5) is 10.6. The van der Waals surface area contributed by atoms with Gasteiger partial charge in [0.1, 0.15) is 0 Å². The van der Waals surface area contributed by atoms with Gasteiger partial charge in [0.2, 0.25) is 0 Å². The van der Waals surface area contributed by atoms with Crippen LogP contribution in [0.2, 0.25) is 0 Å². The molecule has 280 valence electrons.